The van der Waals surface area contributed by atoms with Crippen LogP contribution in [0, 0.1) is 0 Å². The van der Waals surface area contributed by atoms with Gasteiger partial charge in [0.25, 0.3) is 0 Å². The maximum atomic E-state index is 5.96. The van der Waals surface area contributed by atoms with Gasteiger partial charge in [-0.1, -0.05) is 31.9 Å². The van der Waals surface area contributed by atoms with Crippen LogP contribution in [-0.4, -0.2) is 6.69 Å². The fraction of sp³-hybridized carbons (Fsp3) is 0.778. The zero-order valence-corrected chi connectivity index (χ0v) is 10.5. The number of unbranched alkanes of at least 4 members (excludes halogenated alkanes) is 2. The molecule has 0 amide bonds. The van der Waals surface area contributed by atoms with Crippen molar-refractivity contribution in [2.24, 2.45) is 0 Å². The average Bonchev–Trinajstić information content (AvgIpc) is 1.94. The van der Waals surface area contributed by atoms with Gasteiger partial charge in [0.05, 0.1) is 0 Å². The van der Waals surface area contributed by atoms with E-state index in [2.05, 4.69) is 19.1 Å². The van der Waals surface area contributed by atoms with Crippen LogP contribution in [0.1, 0.15) is 32.6 Å². The molecule has 0 atom stereocenters. The van der Waals surface area contributed by atoms with Gasteiger partial charge in [-0.3, -0.25) is 0 Å². The lowest BCUT2D eigenvalue weighted by Gasteiger charge is -2.07. The molecule has 72 valence electrons. The molecule has 0 aromatic rings. The molecular formula is C9H18Cl2Si. The van der Waals surface area contributed by atoms with E-state index in [9.17, 15) is 0 Å². The van der Waals surface area contributed by atoms with E-state index >= 15 is 0 Å². The van der Waals surface area contributed by atoms with E-state index < -0.39 is 6.69 Å². The highest BCUT2D eigenvalue weighted by molar-refractivity contribution is 7.44. The molecule has 0 fully saturated rings. The maximum Gasteiger partial charge on any atom is 0.248 e. The Morgan fingerprint density at radius 3 is 2.33 bits per heavy atom. The highest BCUT2D eigenvalue weighted by Crippen LogP contribution is 2.22. The van der Waals surface area contributed by atoms with Gasteiger partial charge in [0, 0.05) is 0 Å². The van der Waals surface area contributed by atoms with Crippen molar-refractivity contribution in [3.8, 4) is 0 Å². The molecule has 0 aromatic heterocycles. The van der Waals surface area contributed by atoms with Crippen LogP contribution in [0.2, 0.25) is 12.6 Å². The summed E-state index contributed by atoms with van der Waals surface area (Å²) in [5, 5.41) is 0. The van der Waals surface area contributed by atoms with Gasteiger partial charge < -0.3 is 0 Å². The first-order valence-corrected chi connectivity index (χ1v) is 9.32. The molecule has 0 aliphatic rings. The molecule has 12 heavy (non-hydrogen) atoms. The third-order valence-corrected chi connectivity index (χ3v) is 4.00. The molecule has 0 nitrogen and oxygen atoms in total. The Morgan fingerprint density at radius 1 is 1.17 bits per heavy atom. The van der Waals surface area contributed by atoms with Gasteiger partial charge in [-0.25, -0.2) is 0 Å². The minimum absolute atomic E-state index is 1.02. The number of halogens is 2. The van der Waals surface area contributed by atoms with Crippen LogP contribution in [0.4, 0.5) is 0 Å². The minimum atomic E-state index is -1.81. The third-order valence-electron chi connectivity index (χ3n) is 1.64. The third kappa shape index (κ3) is 10.5. The van der Waals surface area contributed by atoms with E-state index in [1.54, 1.807) is 0 Å². The van der Waals surface area contributed by atoms with E-state index in [0.29, 0.717) is 0 Å². The molecule has 0 saturated heterocycles. The van der Waals surface area contributed by atoms with E-state index in [0.717, 1.165) is 12.5 Å². The summed E-state index contributed by atoms with van der Waals surface area (Å²) in [6.45, 7) is 2.33. The second kappa shape index (κ2) is 6.99. The molecule has 0 radical (unpaired) electrons. The molecule has 0 aromatic carbocycles. The van der Waals surface area contributed by atoms with Crippen LogP contribution in [0.5, 0.6) is 0 Å². The van der Waals surface area contributed by atoms with E-state index in [1.165, 1.54) is 19.3 Å². The Balaban J connectivity index is 3.17. The first-order chi connectivity index (χ1) is 5.56. The van der Waals surface area contributed by atoms with Crippen molar-refractivity contribution in [3.63, 3.8) is 0 Å². The quantitative estimate of drug-likeness (QED) is 0.266. The summed E-state index contributed by atoms with van der Waals surface area (Å²) >= 11 is 11.9. The molecule has 0 unspecified atom stereocenters. The van der Waals surface area contributed by atoms with E-state index in [4.69, 9.17) is 22.2 Å². The highest BCUT2D eigenvalue weighted by atomic mass is 35.7. The zero-order chi connectivity index (χ0) is 9.45. The first-order valence-electron chi connectivity index (χ1n) is 4.59. The summed E-state index contributed by atoms with van der Waals surface area (Å²) in [6.07, 6.45) is 9.14. The number of allylic oxidation sites excluding steroid dienone is 2. The Bertz CT molecular complexity index is 127. The molecule has 0 aliphatic heterocycles. The van der Waals surface area contributed by atoms with Crippen molar-refractivity contribution in [1.82, 2.24) is 0 Å². The van der Waals surface area contributed by atoms with Gasteiger partial charge in [0.15, 0.2) is 0 Å². The normalized spacial score (nSPS) is 12.7. The Labute approximate surface area is 86.4 Å². The number of hydrogen-bond acceptors (Lipinski definition) is 0. The molecule has 0 N–H and O–H groups in total. The fourth-order valence-electron chi connectivity index (χ4n) is 0.982. The van der Waals surface area contributed by atoms with Crippen molar-refractivity contribution >= 4 is 28.9 Å². The summed E-state index contributed by atoms with van der Waals surface area (Å²) in [6, 6.07) is 1.02. The molecule has 0 bridgehead atoms. The zero-order valence-electron chi connectivity index (χ0n) is 7.95. The molecule has 0 saturated carbocycles. The standard InChI is InChI=1S/C9H18Cl2Si/c1-3-4-5-6-7-8-9-12(2,10)11/h4-5H,3,6-9H2,1-2H3. The molecular weight excluding hydrogens is 207 g/mol. The molecule has 3 heteroatoms. The van der Waals surface area contributed by atoms with Gasteiger partial charge in [-0.2, -0.15) is 0 Å². The largest absolute Gasteiger partial charge is 0.248 e. The van der Waals surface area contributed by atoms with E-state index in [-0.39, 0.29) is 0 Å². The summed E-state index contributed by atoms with van der Waals surface area (Å²) in [4.78, 5) is 0. The van der Waals surface area contributed by atoms with Crippen molar-refractivity contribution in [2.45, 2.75) is 45.2 Å². The fourth-order valence-corrected chi connectivity index (χ4v) is 2.65. The van der Waals surface area contributed by atoms with Crippen LogP contribution in [-0.2, 0) is 0 Å². The second-order valence-electron chi connectivity index (χ2n) is 3.20. The van der Waals surface area contributed by atoms with Crippen LogP contribution in [0.15, 0.2) is 12.2 Å². The first kappa shape index (κ1) is 12.5. The lowest BCUT2D eigenvalue weighted by atomic mass is 10.2. The van der Waals surface area contributed by atoms with Crippen molar-refractivity contribution in [2.75, 3.05) is 0 Å². The summed E-state index contributed by atoms with van der Waals surface area (Å²) in [5.74, 6) is 0. The van der Waals surface area contributed by atoms with Gasteiger partial charge in [-0.15, -0.1) is 22.2 Å². The lowest BCUT2D eigenvalue weighted by molar-refractivity contribution is 0.806. The molecule has 0 spiro atoms. The molecule has 0 heterocycles. The Hall–Kier alpha value is 0.537. The predicted molar refractivity (Wildman–Crippen MR) is 61.4 cm³/mol. The van der Waals surface area contributed by atoms with Gasteiger partial charge in [-0.05, 0) is 25.4 Å². The monoisotopic (exact) mass is 224 g/mol. The van der Waals surface area contributed by atoms with Gasteiger partial charge in [0.2, 0.25) is 6.69 Å². The molecule has 0 aliphatic carbocycles. The van der Waals surface area contributed by atoms with Crippen LogP contribution < -0.4 is 0 Å². The molecule has 0 rings (SSSR count). The summed E-state index contributed by atoms with van der Waals surface area (Å²) in [5.41, 5.74) is 0. The summed E-state index contributed by atoms with van der Waals surface area (Å²) in [7, 11) is 0. The SMILES string of the molecule is CCC=CCCCC[Si](C)(Cl)Cl. The van der Waals surface area contributed by atoms with E-state index in [1.807, 2.05) is 6.55 Å². The highest BCUT2D eigenvalue weighted by Gasteiger charge is 2.19. The predicted octanol–water partition coefficient (Wildman–Crippen LogP) is 4.67. The van der Waals surface area contributed by atoms with Crippen LogP contribution in [0.3, 0.4) is 0 Å². The Morgan fingerprint density at radius 2 is 1.83 bits per heavy atom. The van der Waals surface area contributed by atoms with Gasteiger partial charge in [0.1, 0.15) is 0 Å². The lowest BCUT2D eigenvalue weighted by Crippen LogP contribution is -2.11. The number of hydrogen-bond donors (Lipinski definition) is 0. The van der Waals surface area contributed by atoms with Crippen molar-refractivity contribution in [3.05, 3.63) is 12.2 Å². The van der Waals surface area contributed by atoms with Crippen molar-refractivity contribution < 1.29 is 0 Å². The second-order valence-corrected chi connectivity index (χ2v) is 11.4. The smallest absolute Gasteiger partial charge is 0.146 e. The maximum absolute atomic E-state index is 5.96. The Kier molecular flexibility index (Phi) is 7.30. The topological polar surface area (TPSA) is 0 Å². The van der Waals surface area contributed by atoms with Crippen molar-refractivity contribution in [1.29, 1.82) is 0 Å². The van der Waals surface area contributed by atoms with Gasteiger partial charge >= 0.3 is 0 Å². The minimum Gasteiger partial charge on any atom is -0.146 e. The van der Waals surface area contributed by atoms with Crippen LogP contribution >= 0.6 is 22.2 Å². The average molecular weight is 225 g/mol. The van der Waals surface area contributed by atoms with Crippen LogP contribution in [0.25, 0.3) is 0 Å². The summed E-state index contributed by atoms with van der Waals surface area (Å²) < 4.78 is 0. The number of rotatable bonds is 6.